The summed E-state index contributed by atoms with van der Waals surface area (Å²) < 4.78 is 19.9. The summed E-state index contributed by atoms with van der Waals surface area (Å²) in [6.45, 7) is 1.50. The molecule has 0 aliphatic carbocycles. The number of rotatable bonds is 4. The zero-order valence-electron chi connectivity index (χ0n) is 17.3. The van der Waals surface area contributed by atoms with Gasteiger partial charge in [-0.15, -0.1) is 0 Å². The standard InChI is InChI=1S/C24H28FN3O2/c1-30-19-6-2-5-16(11-19)12-22-18-13-17(21-8-3-9-23(29)28(21)22)14-27(15-18)24-20(25)7-4-10-26-24/h2,4-7,10-11,17-18,21-22H,3,8-9,12-15H2,1H3/t17-,18+,21+,22+/m1/s1. The van der Waals surface area contributed by atoms with Crippen molar-refractivity contribution in [3.05, 3.63) is 54.0 Å². The van der Waals surface area contributed by atoms with Gasteiger partial charge in [0, 0.05) is 37.8 Å². The van der Waals surface area contributed by atoms with Gasteiger partial charge >= 0.3 is 0 Å². The second-order valence-electron chi connectivity index (χ2n) is 8.85. The van der Waals surface area contributed by atoms with Gasteiger partial charge in [0.1, 0.15) is 5.75 Å². The average molecular weight is 410 g/mol. The molecule has 3 aliphatic heterocycles. The van der Waals surface area contributed by atoms with Crippen molar-refractivity contribution >= 4 is 11.7 Å². The van der Waals surface area contributed by atoms with Crippen molar-refractivity contribution in [2.45, 2.75) is 44.2 Å². The van der Waals surface area contributed by atoms with Crippen LogP contribution in [0, 0.1) is 17.7 Å². The molecule has 1 aromatic carbocycles. The van der Waals surface area contributed by atoms with Gasteiger partial charge in [-0.25, -0.2) is 9.37 Å². The van der Waals surface area contributed by atoms with E-state index in [4.69, 9.17) is 4.74 Å². The molecule has 3 fully saturated rings. The topological polar surface area (TPSA) is 45.7 Å². The fourth-order valence-corrected chi connectivity index (χ4v) is 5.86. The number of fused-ring (bicyclic) bond motifs is 4. The number of benzene rings is 1. The lowest BCUT2D eigenvalue weighted by atomic mass is 9.70. The van der Waals surface area contributed by atoms with Gasteiger partial charge in [-0.05, 0) is 67.3 Å². The Hall–Kier alpha value is -2.63. The van der Waals surface area contributed by atoms with Crippen molar-refractivity contribution in [3.63, 3.8) is 0 Å². The molecule has 0 spiro atoms. The molecular formula is C24H28FN3O2. The predicted octanol–water partition coefficient (Wildman–Crippen LogP) is 3.68. The van der Waals surface area contributed by atoms with Crippen LogP contribution in [0.25, 0.3) is 0 Å². The number of nitrogens with zero attached hydrogens (tertiary/aromatic N) is 3. The van der Waals surface area contributed by atoms with Gasteiger partial charge in [0.05, 0.1) is 7.11 Å². The first kappa shape index (κ1) is 19.3. The van der Waals surface area contributed by atoms with Gasteiger partial charge in [-0.1, -0.05) is 12.1 Å². The molecule has 3 aliphatic rings. The summed E-state index contributed by atoms with van der Waals surface area (Å²) >= 11 is 0. The van der Waals surface area contributed by atoms with Crippen molar-refractivity contribution in [3.8, 4) is 5.75 Å². The summed E-state index contributed by atoms with van der Waals surface area (Å²) in [5.41, 5.74) is 1.18. The van der Waals surface area contributed by atoms with E-state index < -0.39 is 0 Å². The molecule has 1 aromatic heterocycles. The predicted molar refractivity (Wildman–Crippen MR) is 113 cm³/mol. The van der Waals surface area contributed by atoms with Crippen LogP contribution in [0.3, 0.4) is 0 Å². The van der Waals surface area contributed by atoms with Crippen LogP contribution >= 0.6 is 0 Å². The normalized spacial score (nSPS) is 28.3. The molecule has 5 nitrogen and oxygen atoms in total. The second-order valence-corrected chi connectivity index (χ2v) is 8.85. The highest BCUT2D eigenvalue weighted by Gasteiger charge is 2.49. The second kappa shape index (κ2) is 7.89. The maximum absolute atomic E-state index is 14.5. The maximum Gasteiger partial charge on any atom is 0.223 e. The Morgan fingerprint density at radius 2 is 2.07 bits per heavy atom. The van der Waals surface area contributed by atoms with Crippen LogP contribution in [0.2, 0.25) is 0 Å². The number of aromatic nitrogens is 1. The third kappa shape index (κ3) is 3.42. The van der Waals surface area contributed by atoms with Crippen LogP contribution in [0.4, 0.5) is 10.2 Å². The van der Waals surface area contributed by atoms with E-state index >= 15 is 0 Å². The first-order valence-electron chi connectivity index (χ1n) is 10.9. The van der Waals surface area contributed by atoms with Gasteiger partial charge in [0.2, 0.25) is 5.91 Å². The Morgan fingerprint density at radius 3 is 2.90 bits per heavy atom. The van der Waals surface area contributed by atoms with Crippen molar-refractivity contribution < 1.29 is 13.9 Å². The van der Waals surface area contributed by atoms with Gasteiger partial charge in [0.15, 0.2) is 11.6 Å². The summed E-state index contributed by atoms with van der Waals surface area (Å²) in [5.74, 6) is 1.97. The quantitative estimate of drug-likeness (QED) is 0.773. The van der Waals surface area contributed by atoms with Crippen LogP contribution < -0.4 is 9.64 Å². The molecule has 0 N–H and O–H groups in total. The monoisotopic (exact) mass is 409 g/mol. The molecule has 0 radical (unpaired) electrons. The zero-order valence-corrected chi connectivity index (χ0v) is 17.3. The number of halogens is 1. The number of piperidine rings is 3. The van der Waals surface area contributed by atoms with Crippen LogP contribution in [-0.4, -0.2) is 48.1 Å². The van der Waals surface area contributed by atoms with Gasteiger partial charge in [0.25, 0.3) is 0 Å². The first-order chi connectivity index (χ1) is 14.6. The molecule has 1 amide bonds. The molecule has 5 rings (SSSR count). The fourth-order valence-electron chi connectivity index (χ4n) is 5.86. The molecule has 6 heteroatoms. The first-order valence-corrected chi connectivity index (χ1v) is 10.9. The number of pyridine rings is 1. The van der Waals surface area contributed by atoms with E-state index in [1.54, 1.807) is 19.4 Å². The number of hydrogen-bond donors (Lipinski definition) is 0. The SMILES string of the molecule is COc1cccc(C[C@H]2[C@H]3C[C@H](CN(c4ncccc4F)C3)[C@@H]3CCCC(=O)N32)c1. The van der Waals surface area contributed by atoms with E-state index in [1.165, 1.54) is 11.6 Å². The molecule has 2 bridgehead atoms. The smallest absolute Gasteiger partial charge is 0.223 e. The fraction of sp³-hybridized carbons (Fsp3) is 0.500. The van der Waals surface area contributed by atoms with Crippen LogP contribution in [0.5, 0.6) is 5.75 Å². The zero-order chi connectivity index (χ0) is 20.7. The van der Waals surface area contributed by atoms with Crippen molar-refractivity contribution in [1.82, 2.24) is 9.88 Å². The Kier molecular flexibility index (Phi) is 5.09. The summed E-state index contributed by atoms with van der Waals surface area (Å²) in [4.78, 5) is 21.7. The van der Waals surface area contributed by atoms with E-state index in [-0.39, 0.29) is 23.8 Å². The summed E-state index contributed by atoms with van der Waals surface area (Å²) in [7, 11) is 1.68. The Labute approximate surface area is 176 Å². The highest BCUT2D eigenvalue weighted by atomic mass is 19.1. The minimum Gasteiger partial charge on any atom is -0.497 e. The highest BCUT2D eigenvalue weighted by molar-refractivity contribution is 5.78. The number of anilines is 1. The third-order valence-corrected chi connectivity index (χ3v) is 7.11. The van der Waals surface area contributed by atoms with E-state index in [0.29, 0.717) is 24.1 Å². The molecule has 158 valence electrons. The van der Waals surface area contributed by atoms with E-state index in [0.717, 1.165) is 44.5 Å². The molecule has 30 heavy (non-hydrogen) atoms. The Morgan fingerprint density at radius 1 is 1.20 bits per heavy atom. The maximum atomic E-state index is 14.5. The molecule has 4 heterocycles. The van der Waals surface area contributed by atoms with E-state index in [1.807, 2.05) is 12.1 Å². The van der Waals surface area contributed by atoms with E-state index in [9.17, 15) is 9.18 Å². The summed E-state index contributed by atoms with van der Waals surface area (Å²) in [6.07, 6.45) is 6.18. The number of carbonyl (C=O) groups is 1. The molecule has 3 saturated heterocycles. The molecule has 4 atom stereocenters. The largest absolute Gasteiger partial charge is 0.497 e. The van der Waals surface area contributed by atoms with Gasteiger partial charge in [-0.3, -0.25) is 4.79 Å². The lowest BCUT2D eigenvalue weighted by molar-refractivity contribution is -0.148. The lowest BCUT2D eigenvalue weighted by Crippen LogP contribution is -2.65. The highest BCUT2D eigenvalue weighted by Crippen LogP contribution is 2.43. The Balaban J connectivity index is 1.47. The average Bonchev–Trinajstić information content (AvgIpc) is 2.77. The number of methoxy groups -OCH3 is 1. The summed E-state index contributed by atoms with van der Waals surface area (Å²) in [5, 5.41) is 0. The van der Waals surface area contributed by atoms with Crippen molar-refractivity contribution in [2.24, 2.45) is 11.8 Å². The number of carbonyl (C=O) groups excluding carboxylic acids is 1. The van der Waals surface area contributed by atoms with E-state index in [2.05, 4.69) is 26.9 Å². The molecular weight excluding hydrogens is 381 g/mol. The van der Waals surface area contributed by atoms with Crippen molar-refractivity contribution in [1.29, 1.82) is 0 Å². The minimum absolute atomic E-state index is 0.126. The molecule has 0 unspecified atom stereocenters. The summed E-state index contributed by atoms with van der Waals surface area (Å²) in [6, 6.07) is 11.6. The molecule has 2 aromatic rings. The number of amides is 1. The molecule has 0 saturated carbocycles. The number of hydrogen-bond acceptors (Lipinski definition) is 4. The Bertz CT molecular complexity index is 936. The van der Waals surface area contributed by atoms with Gasteiger partial charge in [-0.2, -0.15) is 0 Å². The van der Waals surface area contributed by atoms with Crippen molar-refractivity contribution in [2.75, 3.05) is 25.1 Å². The van der Waals surface area contributed by atoms with Gasteiger partial charge < -0.3 is 14.5 Å². The van der Waals surface area contributed by atoms with Crippen LogP contribution in [-0.2, 0) is 11.2 Å². The third-order valence-electron chi connectivity index (χ3n) is 7.11. The minimum atomic E-state index is -0.265. The van der Waals surface area contributed by atoms with Crippen LogP contribution in [0.1, 0.15) is 31.2 Å². The number of ether oxygens (including phenoxy) is 1. The lowest BCUT2D eigenvalue weighted by Gasteiger charge is -2.57. The van der Waals surface area contributed by atoms with Crippen LogP contribution in [0.15, 0.2) is 42.6 Å².